The summed E-state index contributed by atoms with van der Waals surface area (Å²) in [4.78, 5) is 59.4. The van der Waals surface area contributed by atoms with Gasteiger partial charge in [-0.2, -0.15) is 0 Å². The fourth-order valence-corrected chi connectivity index (χ4v) is 12.7. The monoisotopic (exact) mass is 1120 g/mol. The van der Waals surface area contributed by atoms with Gasteiger partial charge in [0.05, 0.1) is 25.0 Å². The van der Waals surface area contributed by atoms with E-state index >= 15 is 0 Å². The maximum Gasteiger partial charge on any atom is 0.410 e. The molecule has 2 spiro atoms. The van der Waals surface area contributed by atoms with Gasteiger partial charge in [0.25, 0.3) is 0 Å². The van der Waals surface area contributed by atoms with Gasteiger partial charge in [0.2, 0.25) is 0 Å². The number of piperidine rings is 4. The third-order valence-electron chi connectivity index (χ3n) is 15.2. The second kappa shape index (κ2) is 26.6. The molecule has 0 bridgehead atoms. The van der Waals surface area contributed by atoms with Gasteiger partial charge in [-0.1, -0.05) is 39.1 Å². The van der Waals surface area contributed by atoms with Crippen LogP contribution in [-0.2, 0) is 41.6 Å². The molecule has 8 rings (SSSR count). The summed E-state index contributed by atoms with van der Waals surface area (Å²) in [5.41, 5.74) is 3.02. The molecule has 14 nitrogen and oxygen atoms in total. The number of carbonyl (C=O) groups is 4. The highest BCUT2D eigenvalue weighted by Gasteiger charge is 2.46. The number of amides is 2. The number of esters is 2. The molecule has 0 unspecified atom stereocenters. The third kappa shape index (κ3) is 17.3. The SMILES string of the molecule is CC(C)(C)OC(=O)N1CCC2(CCCN2Cc2cc(Cl)cc(Br)c2)CC1.CCOC(=O)C1CCN(c2cc(Cl)cc(CN3CCCC34CCN(C(=O)OC(C)(C)C)CC4)c2)CC1.CCOC(=O)C1CCNCC1. The smallest absolute Gasteiger partial charge is 0.410 e. The molecule has 2 aromatic carbocycles. The van der Waals surface area contributed by atoms with Crippen LogP contribution >= 0.6 is 39.1 Å². The van der Waals surface area contributed by atoms with Gasteiger partial charge in [-0.05, 0) is 206 Å². The number of hydrogen-bond acceptors (Lipinski definition) is 12. The Morgan fingerprint density at radius 3 is 1.44 bits per heavy atom. The summed E-state index contributed by atoms with van der Waals surface area (Å²) in [7, 11) is 0. The first-order chi connectivity index (χ1) is 34.6. The topological polar surface area (TPSA) is 133 Å². The van der Waals surface area contributed by atoms with Crippen molar-refractivity contribution >= 4 is 68.9 Å². The molecule has 0 aliphatic carbocycles. The van der Waals surface area contributed by atoms with Crippen molar-refractivity contribution in [2.75, 3.05) is 83.6 Å². The average Bonchev–Trinajstić information content (AvgIpc) is 3.90. The molecule has 0 radical (unpaired) electrons. The van der Waals surface area contributed by atoms with Crippen molar-refractivity contribution in [2.24, 2.45) is 11.8 Å². The van der Waals surface area contributed by atoms with E-state index in [9.17, 15) is 19.2 Å². The van der Waals surface area contributed by atoms with Crippen molar-refractivity contribution in [1.82, 2.24) is 24.9 Å². The Kier molecular flexibility index (Phi) is 21.5. The number of nitrogens with zero attached hydrogens (tertiary/aromatic N) is 5. The first-order valence-electron chi connectivity index (χ1n) is 27.1. The Bertz CT molecular complexity index is 2120. The molecule has 0 aromatic heterocycles. The van der Waals surface area contributed by atoms with Crippen LogP contribution in [0.1, 0.15) is 144 Å². The first-order valence-corrected chi connectivity index (χ1v) is 28.6. The molecule has 6 aliphatic rings. The number of carbonyl (C=O) groups excluding carboxylic acids is 4. The van der Waals surface area contributed by atoms with Crippen LogP contribution in [0.4, 0.5) is 15.3 Å². The van der Waals surface area contributed by atoms with Crippen LogP contribution in [-0.4, -0.2) is 145 Å². The van der Waals surface area contributed by atoms with Crippen molar-refractivity contribution in [3.05, 3.63) is 62.0 Å². The molecule has 6 heterocycles. The minimum absolute atomic E-state index is 0.00383. The van der Waals surface area contributed by atoms with Gasteiger partial charge in [0.15, 0.2) is 0 Å². The maximum absolute atomic E-state index is 12.6. The van der Waals surface area contributed by atoms with Gasteiger partial charge < -0.3 is 39.0 Å². The molecular weight excluding hydrogens is 1040 g/mol. The molecular formula is C56H85BrCl2N6O8. The minimum Gasteiger partial charge on any atom is -0.466 e. The van der Waals surface area contributed by atoms with E-state index in [4.69, 9.17) is 42.1 Å². The number of halogens is 3. The number of ether oxygens (including phenoxy) is 4. The average molecular weight is 1120 g/mol. The third-order valence-corrected chi connectivity index (χ3v) is 16.1. The normalized spacial score (nSPS) is 20.7. The van der Waals surface area contributed by atoms with Gasteiger partial charge in [-0.3, -0.25) is 19.4 Å². The lowest BCUT2D eigenvalue weighted by Crippen LogP contribution is -2.53. The first kappa shape index (κ1) is 58.9. The minimum atomic E-state index is -0.468. The second-order valence-electron chi connectivity index (χ2n) is 22.8. The van der Waals surface area contributed by atoms with E-state index < -0.39 is 11.2 Å². The zero-order chi connectivity index (χ0) is 53.0. The largest absolute Gasteiger partial charge is 0.466 e. The number of nitrogens with one attached hydrogen (secondary N) is 1. The Hall–Kier alpha value is -3.34. The standard InChI is InChI=1S/C28H42ClN3O4.C20H28BrClN2O2.C8H15NO2/c1-5-35-25(33)22-7-13-30(14-8-22)24-18-21(17-23(29)19-24)20-32-12-6-9-28(32)10-15-31(16-11-28)26(34)36-27(2,3)4;1-19(2,3)26-18(25)23-9-6-20(7-10-23)5-4-8-24(20)14-15-11-16(21)13-17(22)12-15;1-2-11-8(10)7-3-5-9-6-4-7/h17-19,22H,5-16,20H2,1-4H3;11-13H,4-10,14H2,1-3H3;7,9H,2-6H2,1H3. The number of rotatable bonds is 9. The van der Waals surface area contributed by atoms with Crippen molar-refractivity contribution in [1.29, 1.82) is 0 Å². The van der Waals surface area contributed by atoms with Gasteiger partial charge in [0.1, 0.15) is 11.2 Å². The van der Waals surface area contributed by atoms with Gasteiger partial charge in [-0.15, -0.1) is 0 Å². The summed E-state index contributed by atoms with van der Waals surface area (Å²) in [6, 6.07) is 12.5. The van der Waals surface area contributed by atoms with Gasteiger partial charge in [0, 0.05) is 83.6 Å². The summed E-state index contributed by atoms with van der Waals surface area (Å²) >= 11 is 16.3. The van der Waals surface area contributed by atoms with Gasteiger partial charge >= 0.3 is 24.1 Å². The van der Waals surface area contributed by atoms with Crippen LogP contribution in [0, 0.1) is 11.8 Å². The van der Waals surface area contributed by atoms with E-state index in [0.29, 0.717) is 13.2 Å². The molecule has 6 aliphatic heterocycles. The van der Waals surface area contributed by atoms with Crippen LogP contribution in [0.5, 0.6) is 0 Å². The second-order valence-corrected chi connectivity index (χ2v) is 24.6. The molecule has 408 valence electrons. The summed E-state index contributed by atoms with van der Waals surface area (Å²) in [5, 5.41) is 4.72. The number of hydrogen-bond donors (Lipinski definition) is 1. The molecule has 2 amide bonds. The van der Waals surface area contributed by atoms with E-state index in [1.54, 1.807) is 0 Å². The lowest BCUT2D eigenvalue weighted by molar-refractivity contribution is -0.149. The summed E-state index contributed by atoms with van der Waals surface area (Å²) in [5.74, 6) is 0.0574. The molecule has 2 aromatic rings. The van der Waals surface area contributed by atoms with E-state index in [-0.39, 0.29) is 47.0 Å². The van der Waals surface area contributed by atoms with Crippen LogP contribution < -0.4 is 10.2 Å². The zero-order valence-electron chi connectivity index (χ0n) is 45.1. The molecule has 0 saturated carbocycles. The van der Waals surface area contributed by atoms with Crippen molar-refractivity contribution in [3.63, 3.8) is 0 Å². The predicted octanol–water partition coefficient (Wildman–Crippen LogP) is 11.5. The maximum atomic E-state index is 12.6. The van der Waals surface area contributed by atoms with Crippen LogP contribution in [0.3, 0.4) is 0 Å². The number of likely N-dealkylation sites (tertiary alicyclic amines) is 4. The van der Waals surface area contributed by atoms with Crippen molar-refractivity contribution in [3.8, 4) is 0 Å². The lowest BCUT2D eigenvalue weighted by atomic mass is 9.85. The fourth-order valence-electron chi connectivity index (χ4n) is 11.5. The molecule has 1 N–H and O–H groups in total. The van der Waals surface area contributed by atoms with Crippen LogP contribution in [0.2, 0.25) is 10.0 Å². The highest BCUT2D eigenvalue weighted by Crippen LogP contribution is 2.42. The molecule has 0 atom stereocenters. The fraction of sp³-hybridized carbons (Fsp3) is 0.714. The van der Waals surface area contributed by atoms with E-state index in [0.717, 1.165) is 150 Å². The Morgan fingerprint density at radius 1 is 0.589 bits per heavy atom. The lowest BCUT2D eigenvalue weighted by Gasteiger charge is -2.45. The predicted molar refractivity (Wildman–Crippen MR) is 293 cm³/mol. The van der Waals surface area contributed by atoms with Crippen LogP contribution in [0.15, 0.2) is 40.9 Å². The quantitative estimate of drug-likeness (QED) is 0.189. The van der Waals surface area contributed by atoms with Crippen molar-refractivity contribution in [2.45, 2.75) is 168 Å². The van der Waals surface area contributed by atoms with E-state index in [1.165, 1.54) is 36.8 Å². The number of anilines is 1. The van der Waals surface area contributed by atoms with Crippen molar-refractivity contribution < 1.29 is 38.1 Å². The Morgan fingerprint density at radius 2 is 1.01 bits per heavy atom. The van der Waals surface area contributed by atoms with Gasteiger partial charge in [-0.25, -0.2) is 9.59 Å². The highest BCUT2D eigenvalue weighted by molar-refractivity contribution is 9.10. The summed E-state index contributed by atoms with van der Waals surface area (Å²) < 4.78 is 22.3. The molecule has 73 heavy (non-hydrogen) atoms. The molecule has 6 saturated heterocycles. The van der Waals surface area contributed by atoms with E-state index in [1.807, 2.05) is 83.4 Å². The Labute approximate surface area is 454 Å². The van der Waals surface area contributed by atoms with E-state index in [2.05, 4.69) is 54.1 Å². The molecule has 17 heteroatoms. The zero-order valence-corrected chi connectivity index (χ0v) is 48.2. The Balaban J connectivity index is 0.000000204. The highest BCUT2D eigenvalue weighted by atomic mass is 79.9. The molecule has 6 fully saturated rings. The summed E-state index contributed by atoms with van der Waals surface area (Å²) in [6.07, 6.45) is 11.8. The van der Waals surface area contributed by atoms with Crippen LogP contribution in [0.25, 0.3) is 0 Å². The summed E-state index contributed by atoms with van der Waals surface area (Å²) in [6.45, 7) is 26.6. The number of benzene rings is 2.